The van der Waals surface area contributed by atoms with Crippen molar-refractivity contribution in [2.45, 2.75) is 6.92 Å². The fraction of sp³-hybridized carbons (Fsp3) is 0.588. The molecular weight excluding hydrogens is 376 g/mol. The van der Waals surface area contributed by atoms with Crippen LogP contribution in [0.25, 0.3) is 0 Å². The lowest BCUT2D eigenvalue weighted by molar-refractivity contribution is 0.0395. The van der Waals surface area contributed by atoms with Gasteiger partial charge >= 0.3 is 6.16 Å². The van der Waals surface area contributed by atoms with E-state index in [0.717, 1.165) is 19.3 Å². The van der Waals surface area contributed by atoms with Crippen molar-refractivity contribution in [1.29, 1.82) is 0 Å². The summed E-state index contributed by atoms with van der Waals surface area (Å²) in [6.07, 6.45) is 0.276. The molecule has 0 aromatic heterocycles. The van der Waals surface area contributed by atoms with Crippen LogP contribution in [0.15, 0.2) is 18.2 Å². The van der Waals surface area contributed by atoms with E-state index in [1.165, 1.54) is 23.5 Å². The maximum atomic E-state index is 12.4. The first-order chi connectivity index (χ1) is 12.8. The van der Waals surface area contributed by atoms with Crippen LogP contribution in [0.1, 0.15) is 6.92 Å². The van der Waals surface area contributed by atoms with E-state index in [2.05, 4.69) is 4.90 Å². The number of sulfonamides is 1. The van der Waals surface area contributed by atoms with Crippen molar-refractivity contribution in [2.75, 3.05) is 63.7 Å². The SMILES string of the molecule is CCOC(=O)Oc1ccc(OC)c(N(CCN2CCOCC2)S(C)(=O)=O)c1. The molecule has 0 saturated carbocycles. The van der Waals surface area contributed by atoms with Gasteiger partial charge in [-0.3, -0.25) is 9.21 Å². The van der Waals surface area contributed by atoms with Crippen molar-refractivity contribution in [2.24, 2.45) is 0 Å². The number of carbonyl (C=O) groups excluding carboxylic acids is 1. The molecule has 1 fully saturated rings. The minimum absolute atomic E-state index is 0.171. The molecule has 0 bridgehead atoms. The Kier molecular flexibility index (Phi) is 7.69. The zero-order valence-electron chi connectivity index (χ0n) is 15.8. The van der Waals surface area contributed by atoms with Gasteiger partial charge in [0.2, 0.25) is 10.0 Å². The minimum atomic E-state index is -3.58. The number of nitrogens with zero attached hydrogens (tertiary/aromatic N) is 2. The van der Waals surface area contributed by atoms with Crippen LogP contribution >= 0.6 is 0 Å². The average molecular weight is 402 g/mol. The Hall–Kier alpha value is -2.04. The molecule has 0 aliphatic carbocycles. The van der Waals surface area contributed by atoms with E-state index in [1.54, 1.807) is 13.0 Å². The van der Waals surface area contributed by atoms with E-state index in [4.69, 9.17) is 18.9 Å². The van der Waals surface area contributed by atoms with Crippen molar-refractivity contribution in [3.05, 3.63) is 18.2 Å². The van der Waals surface area contributed by atoms with Crippen molar-refractivity contribution in [1.82, 2.24) is 4.90 Å². The van der Waals surface area contributed by atoms with Gasteiger partial charge in [0.1, 0.15) is 11.5 Å². The van der Waals surface area contributed by atoms with Gasteiger partial charge in [-0.15, -0.1) is 0 Å². The zero-order valence-corrected chi connectivity index (χ0v) is 16.7. The molecule has 0 radical (unpaired) electrons. The first kappa shape index (κ1) is 21.3. The molecule has 1 saturated heterocycles. The molecule has 1 aliphatic rings. The van der Waals surface area contributed by atoms with Gasteiger partial charge in [-0.2, -0.15) is 0 Å². The van der Waals surface area contributed by atoms with Crippen molar-refractivity contribution in [3.63, 3.8) is 0 Å². The lowest BCUT2D eigenvalue weighted by Crippen LogP contribution is -2.43. The molecule has 152 valence electrons. The maximum absolute atomic E-state index is 12.4. The molecule has 0 unspecified atom stereocenters. The van der Waals surface area contributed by atoms with Crippen LogP contribution in [-0.2, 0) is 19.5 Å². The standard InChI is InChI=1S/C17H26N2O7S/c1-4-25-17(20)26-14-5-6-16(23-2)15(13-14)19(27(3,21)22)8-7-18-9-11-24-12-10-18/h5-6,13H,4,7-12H2,1-3H3. The normalized spacial score (nSPS) is 15.2. The summed E-state index contributed by atoms with van der Waals surface area (Å²) in [5.41, 5.74) is 0.301. The second-order valence-electron chi connectivity index (χ2n) is 5.91. The Labute approximate surface area is 159 Å². The summed E-state index contributed by atoms with van der Waals surface area (Å²) in [6.45, 7) is 5.38. The van der Waals surface area contributed by atoms with Gasteiger partial charge in [0.05, 0.1) is 38.9 Å². The highest BCUT2D eigenvalue weighted by atomic mass is 32.2. The summed E-state index contributed by atoms with van der Waals surface area (Å²) >= 11 is 0. The molecule has 1 aromatic rings. The Balaban J connectivity index is 2.25. The van der Waals surface area contributed by atoms with Gasteiger partial charge in [-0.05, 0) is 19.1 Å². The van der Waals surface area contributed by atoms with E-state index < -0.39 is 16.2 Å². The van der Waals surface area contributed by atoms with Gasteiger partial charge in [0.25, 0.3) is 0 Å². The van der Waals surface area contributed by atoms with E-state index >= 15 is 0 Å². The molecule has 10 heteroatoms. The highest BCUT2D eigenvalue weighted by molar-refractivity contribution is 7.92. The Morgan fingerprint density at radius 3 is 2.59 bits per heavy atom. The molecule has 0 atom stereocenters. The third kappa shape index (κ3) is 6.26. The third-order valence-corrected chi connectivity index (χ3v) is 5.19. The summed E-state index contributed by atoms with van der Waals surface area (Å²) < 4.78 is 46.5. The largest absolute Gasteiger partial charge is 0.513 e. The summed E-state index contributed by atoms with van der Waals surface area (Å²) in [6, 6.07) is 4.52. The Morgan fingerprint density at radius 1 is 1.30 bits per heavy atom. The van der Waals surface area contributed by atoms with Crippen molar-refractivity contribution in [3.8, 4) is 11.5 Å². The van der Waals surface area contributed by atoms with Gasteiger partial charge in [0.15, 0.2) is 0 Å². The molecule has 0 spiro atoms. The minimum Gasteiger partial charge on any atom is -0.495 e. The van der Waals surface area contributed by atoms with Gasteiger partial charge in [-0.1, -0.05) is 0 Å². The van der Waals surface area contributed by atoms with E-state index in [-0.39, 0.29) is 18.9 Å². The third-order valence-electron chi connectivity index (χ3n) is 4.01. The molecule has 0 amide bonds. The monoisotopic (exact) mass is 402 g/mol. The molecular formula is C17H26N2O7S. The second kappa shape index (κ2) is 9.77. The van der Waals surface area contributed by atoms with Crippen molar-refractivity contribution >= 4 is 21.9 Å². The summed E-state index contributed by atoms with van der Waals surface area (Å²) in [7, 11) is -2.13. The topological polar surface area (TPSA) is 94.6 Å². The van der Waals surface area contributed by atoms with Gasteiger partial charge in [-0.25, -0.2) is 13.2 Å². The fourth-order valence-electron chi connectivity index (χ4n) is 2.69. The average Bonchev–Trinajstić information content (AvgIpc) is 2.62. The quantitative estimate of drug-likeness (QED) is 0.475. The summed E-state index contributed by atoms with van der Waals surface area (Å²) in [5.74, 6) is 0.530. The summed E-state index contributed by atoms with van der Waals surface area (Å²) in [5, 5.41) is 0. The fourth-order valence-corrected chi connectivity index (χ4v) is 3.61. The number of benzene rings is 1. The van der Waals surface area contributed by atoms with Crippen LogP contribution in [-0.4, -0.2) is 78.8 Å². The van der Waals surface area contributed by atoms with Gasteiger partial charge in [0, 0.05) is 32.2 Å². The Bertz CT molecular complexity index is 733. The first-order valence-corrected chi connectivity index (χ1v) is 10.5. The van der Waals surface area contributed by atoms with Crippen LogP contribution in [0.4, 0.5) is 10.5 Å². The van der Waals surface area contributed by atoms with Crippen LogP contribution in [0.5, 0.6) is 11.5 Å². The highest BCUT2D eigenvalue weighted by Gasteiger charge is 2.24. The second-order valence-corrected chi connectivity index (χ2v) is 7.81. The number of morpholine rings is 1. The number of carbonyl (C=O) groups is 1. The zero-order chi connectivity index (χ0) is 19.9. The van der Waals surface area contributed by atoms with Gasteiger partial charge < -0.3 is 18.9 Å². The molecule has 9 nitrogen and oxygen atoms in total. The molecule has 27 heavy (non-hydrogen) atoms. The number of anilines is 1. The summed E-state index contributed by atoms with van der Waals surface area (Å²) in [4.78, 5) is 13.7. The molecule has 1 heterocycles. The lowest BCUT2D eigenvalue weighted by atomic mass is 10.2. The number of hydrogen-bond donors (Lipinski definition) is 0. The first-order valence-electron chi connectivity index (χ1n) is 8.65. The van der Waals surface area contributed by atoms with E-state index in [0.29, 0.717) is 31.2 Å². The number of hydrogen-bond acceptors (Lipinski definition) is 8. The van der Waals surface area contributed by atoms with Crippen LogP contribution < -0.4 is 13.8 Å². The predicted octanol–water partition coefficient (Wildman–Crippen LogP) is 1.33. The molecule has 1 aromatic carbocycles. The highest BCUT2D eigenvalue weighted by Crippen LogP contribution is 2.34. The maximum Gasteiger partial charge on any atom is 0.513 e. The van der Waals surface area contributed by atoms with E-state index in [9.17, 15) is 13.2 Å². The number of methoxy groups -OCH3 is 1. The lowest BCUT2D eigenvalue weighted by Gasteiger charge is -2.30. The molecule has 0 N–H and O–H groups in total. The smallest absolute Gasteiger partial charge is 0.495 e. The molecule has 2 rings (SSSR count). The molecule has 1 aliphatic heterocycles. The van der Waals surface area contributed by atoms with Crippen LogP contribution in [0.2, 0.25) is 0 Å². The Morgan fingerprint density at radius 2 is 2.00 bits per heavy atom. The predicted molar refractivity (Wildman–Crippen MR) is 100 cm³/mol. The van der Waals surface area contributed by atoms with Crippen LogP contribution in [0, 0.1) is 0 Å². The number of ether oxygens (including phenoxy) is 4. The van der Waals surface area contributed by atoms with E-state index in [1.807, 2.05) is 0 Å². The van der Waals surface area contributed by atoms with Crippen molar-refractivity contribution < 1.29 is 32.2 Å². The van der Waals surface area contributed by atoms with Crippen LogP contribution in [0.3, 0.4) is 0 Å². The number of rotatable bonds is 8.